The molecule has 0 aromatic heterocycles. The molecule has 20 heavy (non-hydrogen) atoms. The summed E-state index contributed by atoms with van der Waals surface area (Å²) in [6.45, 7) is 12.9. The van der Waals surface area contributed by atoms with Gasteiger partial charge in [0.15, 0.2) is 0 Å². The van der Waals surface area contributed by atoms with Gasteiger partial charge in [-0.05, 0) is 74.3 Å². The van der Waals surface area contributed by atoms with E-state index in [9.17, 15) is 5.11 Å². The molecule has 1 aromatic rings. The van der Waals surface area contributed by atoms with Gasteiger partial charge in [0.2, 0.25) is 0 Å². The van der Waals surface area contributed by atoms with Crippen LogP contribution in [0.5, 0.6) is 0 Å². The van der Waals surface area contributed by atoms with Gasteiger partial charge in [0.1, 0.15) is 0 Å². The van der Waals surface area contributed by atoms with Crippen LogP contribution in [0.15, 0.2) is 6.07 Å². The molecule has 2 unspecified atom stereocenters. The third-order valence-electron chi connectivity index (χ3n) is 4.78. The zero-order chi connectivity index (χ0) is 15.0. The minimum absolute atomic E-state index is 0.140. The van der Waals surface area contributed by atoms with Crippen LogP contribution in [0.2, 0.25) is 0 Å². The van der Waals surface area contributed by atoms with Crippen LogP contribution in [0.4, 0.5) is 0 Å². The van der Waals surface area contributed by atoms with E-state index in [-0.39, 0.29) is 6.04 Å². The molecule has 112 valence electrons. The fraction of sp³-hybridized carbons (Fsp3) is 0.667. The highest BCUT2D eigenvalue weighted by atomic mass is 16.3. The van der Waals surface area contributed by atoms with Gasteiger partial charge in [0.05, 0.1) is 6.10 Å². The van der Waals surface area contributed by atoms with Crippen molar-refractivity contribution < 1.29 is 5.11 Å². The second kappa shape index (κ2) is 5.87. The molecule has 1 saturated carbocycles. The number of aliphatic hydroxyl groups excluding tert-OH is 1. The highest BCUT2D eigenvalue weighted by Gasteiger charge is 2.32. The second-order valence-corrected chi connectivity index (χ2v) is 6.83. The Hall–Kier alpha value is -0.860. The maximum atomic E-state index is 11.0. The van der Waals surface area contributed by atoms with E-state index < -0.39 is 6.10 Å². The van der Waals surface area contributed by atoms with E-state index in [2.05, 4.69) is 52.9 Å². The van der Waals surface area contributed by atoms with E-state index >= 15 is 0 Å². The van der Waals surface area contributed by atoms with Gasteiger partial charge in [-0.15, -0.1) is 0 Å². The summed E-state index contributed by atoms with van der Waals surface area (Å²) in [4.78, 5) is 0. The average Bonchev–Trinajstić information content (AvgIpc) is 3.17. The Labute approximate surface area is 123 Å². The van der Waals surface area contributed by atoms with Gasteiger partial charge in [-0.2, -0.15) is 0 Å². The number of aryl methyl sites for hydroxylation is 2. The predicted molar refractivity (Wildman–Crippen MR) is 85.1 cm³/mol. The first kappa shape index (κ1) is 15.5. The average molecular weight is 275 g/mol. The standard InChI is InChI=1S/C18H29NO/c1-10(2)17(19-15-7-8-15)18(20)16-13(5)11(3)9-12(4)14(16)6/h9-10,15,17-20H,7-8H2,1-6H3. The minimum atomic E-state index is -0.422. The lowest BCUT2D eigenvalue weighted by molar-refractivity contribution is 0.103. The van der Waals surface area contributed by atoms with Crippen molar-refractivity contribution >= 4 is 0 Å². The molecule has 2 rings (SSSR count). The summed E-state index contributed by atoms with van der Waals surface area (Å²) in [5.74, 6) is 0.421. The maximum absolute atomic E-state index is 11.0. The highest BCUT2D eigenvalue weighted by molar-refractivity contribution is 5.45. The van der Waals surface area contributed by atoms with Crippen LogP contribution in [-0.4, -0.2) is 17.2 Å². The van der Waals surface area contributed by atoms with Gasteiger partial charge in [-0.25, -0.2) is 0 Å². The van der Waals surface area contributed by atoms with Gasteiger partial charge in [0, 0.05) is 12.1 Å². The first-order valence-corrected chi connectivity index (χ1v) is 7.84. The van der Waals surface area contributed by atoms with Gasteiger partial charge < -0.3 is 10.4 Å². The molecular formula is C18H29NO. The Morgan fingerprint density at radius 2 is 1.55 bits per heavy atom. The quantitative estimate of drug-likeness (QED) is 0.858. The zero-order valence-corrected chi connectivity index (χ0v) is 13.7. The molecule has 1 fully saturated rings. The Kier molecular flexibility index (Phi) is 4.55. The number of hydrogen-bond donors (Lipinski definition) is 2. The summed E-state index contributed by atoms with van der Waals surface area (Å²) in [7, 11) is 0. The molecule has 0 bridgehead atoms. The van der Waals surface area contributed by atoms with Crippen molar-refractivity contribution in [2.45, 2.75) is 72.6 Å². The molecule has 0 saturated heterocycles. The van der Waals surface area contributed by atoms with E-state index in [1.165, 1.54) is 35.1 Å². The molecule has 2 atom stereocenters. The van der Waals surface area contributed by atoms with Crippen LogP contribution >= 0.6 is 0 Å². The van der Waals surface area contributed by atoms with Crippen molar-refractivity contribution in [3.05, 3.63) is 33.9 Å². The molecule has 0 spiro atoms. The molecular weight excluding hydrogens is 246 g/mol. The van der Waals surface area contributed by atoms with Crippen LogP contribution < -0.4 is 5.32 Å². The fourth-order valence-electron chi connectivity index (χ4n) is 3.04. The Morgan fingerprint density at radius 1 is 1.05 bits per heavy atom. The van der Waals surface area contributed by atoms with Crippen LogP contribution in [0.1, 0.15) is 60.6 Å². The van der Waals surface area contributed by atoms with Crippen LogP contribution in [0.25, 0.3) is 0 Å². The normalized spacial score (nSPS) is 18.4. The van der Waals surface area contributed by atoms with Crippen molar-refractivity contribution in [1.82, 2.24) is 5.32 Å². The zero-order valence-electron chi connectivity index (χ0n) is 13.7. The van der Waals surface area contributed by atoms with Gasteiger partial charge in [-0.1, -0.05) is 19.9 Å². The maximum Gasteiger partial charge on any atom is 0.0950 e. The van der Waals surface area contributed by atoms with Gasteiger partial charge in [0.25, 0.3) is 0 Å². The smallest absolute Gasteiger partial charge is 0.0950 e. The predicted octanol–water partition coefficient (Wildman–Crippen LogP) is 3.73. The summed E-state index contributed by atoms with van der Waals surface area (Å²) in [6, 6.07) is 2.98. The lowest BCUT2D eigenvalue weighted by atomic mass is 9.85. The summed E-state index contributed by atoms with van der Waals surface area (Å²) >= 11 is 0. The highest BCUT2D eigenvalue weighted by Crippen LogP contribution is 2.33. The molecule has 0 amide bonds. The van der Waals surface area contributed by atoms with Crippen LogP contribution in [0, 0.1) is 33.6 Å². The minimum Gasteiger partial charge on any atom is -0.387 e. The van der Waals surface area contributed by atoms with E-state index in [0.717, 1.165) is 5.56 Å². The molecule has 2 N–H and O–H groups in total. The fourth-order valence-corrected chi connectivity index (χ4v) is 3.04. The number of aliphatic hydroxyl groups is 1. The third-order valence-corrected chi connectivity index (χ3v) is 4.78. The van der Waals surface area contributed by atoms with Gasteiger partial charge >= 0.3 is 0 Å². The number of rotatable bonds is 5. The van der Waals surface area contributed by atoms with Crippen LogP contribution in [-0.2, 0) is 0 Å². The van der Waals surface area contributed by atoms with E-state index in [1.54, 1.807) is 0 Å². The van der Waals surface area contributed by atoms with Crippen molar-refractivity contribution in [2.24, 2.45) is 5.92 Å². The number of benzene rings is 1. The van der Waals surface area contributed by atoms with Crippen molar-refractivity contribution in [1.29, 1.82) is 0 Å². The summed E-state index contributed by atoms with van der Waals surface area (Å²) in [5.41, 5.74) is 6.16. The lowest BCUT2D eigenvalue weighted by Gasteiger charge is -2.31. The van der Waals surface area contributed by atoms with Crippen molar-refractivity contribution in [3.8, 4) is 0 Å². The molecule has 1 aromatic carbocycles. The van der Waals surface area contributed by atoms with Crippen molar-refractivity contribution in [3.63, 3.8) is 0 Å². The molecule has 1 aliphatic carbocycles. The molecule has 0 aliphatic heterocycles. The van der Waals surface area contributed by atoms with E-state index in [1.807, 2.05) is 0 Å². The topological polar surface area (TPSA) is 32.3 Å². The van der Waals surface area contributed by atoms with E-state index in [4.69, 9.17) is 0 Å². The molecule has 2 nitrogen and oxygen atoms in total. The summed E-state index contributed by atoms with van der Waals surface area (Å²) in [5, 5.41) is 14.6. The SMILES string of the molecule is Cc1cc(C)c(C)c(C(O)C(NC2CC2)C(C)C)c1C. The third kappa shape index (κ3) is 3.07. The van der Waals surface area contributed by atoms with E-state index in [0.29, 0.717) is 12.0 Å². The first-order valence-electron chi connectivity index (χ1n) is 7.84. The van der Waals surface area contributed by atoms with Crippen molar-refractivity contribution in [2.75, 3.05) is 0 Å². The van der Waals surface area contributed by atoms with Gasteiger partial charge in [-0.3, -0.25) is 0 Å². The molecule has 0 heterocycles. The summed E-state index contributed by atoms with van der Waals surface area (Å²) in [6.07, 6.45) is 2.08. The largest absolute Gasteiger partial charge is 0.387 e. The number of nitrogens with one attached hydrogen (secondary N) is 1. The molecule has 0 radical (unpaired) electrons. The Balaban J connectivity index is 2.37. The second-order valence-electron chi connectivity index (χ2n) is 6.83. The lowest BCUT2D eigenvalue weighted by Crippen LogP contribution is -2.41. The summed E-state index contributed by atoms with van der Waals surface area (Å²) < 4.78 is 0. The molecule has 2 heteroatoms. The molecule has 1 aliphatic rings. The number of hydrogen-bond acceptors (Lipinski definition) is 2. The Morgan fingerprint density at radius 3 is 1.95 bits per heavy atom. The monoisotopic (exact) mass is 275 g/mol. The Bertz CT molecular complexity index is 462. The first-order chi connectivity index (χ1) is 9.32. The van der Waals surface area contributed by atoms with Crippen LogP contribution in [0.3, 0.4) is 0 Å².